The van der Waals surface area contributed by atoms with Crippen LogP contribution >= 0.6 is 8.38 Å². The molecule has 0 aliphatic carbocycles. The van der Waals surface area contributed by atoms with Crippen molar-refractivity contribution >= 4 is 13.7 Å². The molecule has 2 nitrogen and oxygen atoms in total. The second-order valence-corrected chi connectivity index (χ2v) is 4.67. The van der Waals surface area contributed by atoms with Crippen molar-refractivity contribution in [2.75, 3.05) is 0 Å². The van der Waals surface area contributed by atoms with E-state index in [9.17, 15) is 0 Å². The van der Waals surface area contributed by atoms with Crippen LogP contribution in [0.15, 0.2) is 30.3 Å². The highest BCUT2D eigenvalue weighted by Crippen LogP contribution is 2.46. The molecule has 1 aromatic rings. The molecule has 2 rings (SSSR count). The van der Waals surface area contributed by atoms with Crippen LogP contribution in [0.4, 0.5) is 0 Å². The van der Waals surface area contributed by atoms with E-state index in [0.29, 0.717) is 0 Å². The molecule has 2 unspecified atom stereocenters. The molecule has 13 heavy (non-hydrogen) atoms. The van der Waals surface area contributed by atoms with Gasteiger partial charge in [0.1, 0.15) is 0 Å². The lowest BCUT2D eigenvalue weighted by Gasteiger charge is -2.07. The zero-order valence-electron chi connectivity index (χ0n) is 7.81. The van der Waals surface area contributed by atoms with Crippen LogP contribution in [0.5, 0.6) is 0 Å². The first-order valence-corrected chi connectivity index (χ1v) is 5.64. The predicted octanol–water partition coefficient (Wildman–Crippen LogP) is 2.45. The van der Waals surface area contributed by atoms with Gasteiger partial charge in [0.25, 0.3) is 0 Å². The molecule has 1 aliphatic rings. The van der Waals surface area contributed by atoms with Crippen molar-refractivity contribution in [1.82, 2.24) is 0 Å². The van der Waals surface area contributed by atoms with Crippen molar-refractivity contribution in [3.8, 4) is 0 Å². The summed E-state index contributed by atoms with van der Waals surface area (Å²) in [5.41, 5.74) is 0. The fraction of sp³-hybridized carbons (Fsp3) is 0.400. The van der Waals surface area contributed by atoms with Crippen LogP contribution in [0, 0.1) is 0 Å². The Balaban J connectivity index is 2.12. The Bertz CT molecular complexity index is 266. The first kappa shape index (κ1) is 9.14. The van der Waals surface area contributed by atoms with Gasteiger partial charge in [-0.1, -0.05) is 18.2 Å². The molecular formula is C10H13O2P. The Hall–Kier alpha value is -0.430. The van der Waals surface area contributed by atoms with Gasteiger partial charge in [-0.3, -0.25) is 0 Å². The lowest BCUT2D eigenvalue weighted by molar-refractivity contribution is 0.187. The van der Waals surface area contributed by atoms with Crippen molar-refractivity contribution in [2.45, 2.75) is 26.1 Å². The lowest BCUT2D eigenvalue weighted by Crippen LogP contribution is -2.13. The molecule has 1 aromatic carbocycles. The van der Waals surface area contributed by atoms with Gasteiger partial charge in [0.2, 0.25) is 8.38 Å². The molecule has 0 aromatic heterocycles. The van der Waals surface area contributed by atoms with Crippen LogP contribution in [0.2, 0.25) is 0 Å². The van der Waals surface area contributed by atoms with E-state index in [-0.39, 0.29) is 12.2 Å². The van der Waals surface area contributed by atoms with Gasteiger partial charge in [-0.15, -0.1) is 0 Å². The fourth-order valence-electron chi connectivity index (χ4n) is 1.17. The zero-order valence-corrected chi connectivity index (χ0v) is 8.70. The third-order valence-corrected chi connectivity index (χ3v) is 3.92. The second-order valence-electron chi connectivity index (χ2n) is 3.21. The summed E-state index contributed by atoms with van der Waals surface area (Å²) >= 11 is 0. The topological polar surface area (TPSA) is 18.5 Å². The Morgan fingerprint density at radius 1 is 1.00 bits per heavy atom. The summed E-state index contributed by atoms with van der Waals surface area (Å²) in [6, 6.07) is 10.1. The molecule has 0 saturated carbocycles. The van der Waals surface area contributed by atoms with Crippen molar-refractivity contribution in [2.24, 2.45) is 0 Å². The predicted molar refractivity (Wildman–Crippen MR) is 54.1 cm³/mol. The van der Waals surface area contributed by atoms with Crippen LogP contribution in [-0.2, 0) is 9.05 Å². The maximum atomic E-state index is 5.70. The molecule has 3 heteroatoms. The third-order valence-electron chi connectivity index (χ3n) is 2.15. The van der Waals surface area contributed by atoms with E-state index >= 15 is 0 Å². The highest BCUT2D eigenvalue weighted by atomic mass is 31.2. The van der Waals surface area contributed by atoms with E-state index in [1.165, 1.54) is 0 Å². The van der Waals surface area contributed by atoms with Gasteiger partial charge in [-0.05, 0) is 26.0 Å². The minimum atomic E-state index is -0.819. The molecule has 0 amide bonds. The summed E-state index contributed by atoms with van der Waals surface area (Å²) in [7, 11) is -0.819. The zero-order chi connectivity index (χ0) is 9.26. The summed E-state index contributed by atoms with van der Waals surface area (Å²) in [6.07, 6.45) is 0.428. The van der Waals surface area contributed by atoms with Gasteiger partial charge in [0.15, 0.2) is 0 Å². The highest BCUT2D eigenvalue weighted by molar-refractivity contribution is 7.56. The minimum absolute atomic E-state index is 0.214. The molecule has 1 fully saturated rings. The minimum Gasteiger partial charge on any atom is -0.325 e. The maximum absolute atomic E-state index is 5.70. The Morgan fingerprint density at radius 2 is 1.54 bits per heavy atom. The van der Waals surface area contributed by atoms with E-state index in [0.717, 1.165) is 5.30 Å². The first-order chi connectivity index (χ1) is 6.27. The van der Waals surface area contributed by atoms with E-state index in [1.807, 2.05) is 18.2 Å². The normalized spacial score (nSPS) is 33.5. The summed E-state index contributed by atoms with van der Waals surface area (Å²) in [6.45, 7) is 4.10. The first-order valence-electron chi connectivity index (χ1n) is 4.46. The van der Waals surface area contributed by atoms with E-state index in [1.54, 1.807) is 0 Å². The number of rotatable bonds is 1. The molecular weight excluding hydrogens is 183 g/mol. The maximum Gasteiger partial charge on any atom is 0.205 e. The number of benzene rings is 1. The smallest absolute Gasteiger partial charge is 0.205 e. The molecule has 0 bridgehead atoms. The lowest BCUT2D eigenvalue weighted by atomic mass is 10.3. The van der Waals surface area contributed by atoms with Gasteiger partial charge in [0.05, 0.1) is 12.2 Å². The van der Waals surface area contributed by atoms with Gasteiger partial charge in [-0.25, -0.2) is 0 Å². The number of hydrogen-bond donors (Lipinski definition) is 0. The largest absolute Gasteiger partial charge is 0.325 e. The fourth-order valence-corrected chi connectivity index (χ4v) is 2.83. The SMILES string of the molecule is CC1OP(c2ccccc2)OC1C. The quantitative estimate of drug-likeness (QED) is 0.642. The molecule has 2 atom stereocenters. The highest BCUT2D eigenvalue weighted by Gasteiger charge is 2.31. The van der Waals surface area contributed by atoms with Crippen molar-refractivity contribution in [1.29, 1.82) is 0 Å². The molecule has 0 N–H and O–H groups in total. The number of hydrogen-bond acceptors (Lipinski definition) is 2. The Morgan fingerprint density at radius 3 is 2.08 bits per heavy atom. The summed E-state index contributed by atoms with van der Waals surface area (Å²) in [5.74, 6) is 0. The third kappa shape index (κ3) is 1.91. The average molecular weight is 196 g/mol. The van der Waals surface area contributed by atoms with E-state index in [2.05, 4.69) is 26.0 Å². The summed E-state index contributed by atoms with van der Waals surface area (Å²) < 4.78 is 11.4. The van der Waals surface area contributed by atoms with E-state index < -0.39 is 8.38 Å². The van der Waals surface area contributed by atoms with Crippen LogP contribution in [0.3, 0.4) is 0 Å². The van der Waals surface area contributed by atoms with Crippen LogP contribution < -0.4 is 5.30 Å². The van der Waals surface area contributed by atoms with Gasteiger partial charge >= 0.3 is 0 Å². The monoisotopic (exact) mass is 196 g/mol. The van der Waals surface area contributed by atoms with Crippen molar-refractivity contribution in [3.63, 3.8) is 0 Å². The van der Waals surface area contributed by atoms with Gasteiger partial charge < -0.3 is 9.05 Å². The molecule has 1 heterocycles. The van der Waals surface area contributed by atoms with E-state index in [4.69, 9.17) is 9.05 Å². The average Bonchev–Trinajstić information content (AvgIpc) is 2.49. The Kier molecular flexibility index (Phi) is 2.63. The summed E-state index contributed by atoms with van der Waals surface area (Å²) in [5, 5.41) is 1.16. The molecule has 0 radical (unpaired) electrons. The molecule has 0 spiro atoms. The van der Waals surface area contributed by atoms with Crippen molar-refractivity contribution in [3.05, 3.63) is 30.3 Å². The molecule has 1 aliphatic heterocycles. The van der Waals surface area contributed by atoms with Crippen LogP contribution in [0.1, 0.15) is 13.8 Å². The molecule has 70 valence electrons. The summed E-state index contributed by atoms with van der Waals surface area (Å²) in [4.78, 5) is 0. The molecule has 1 saturated heterocycles. The Labute approximate surface area is 79.8 Å². The van der Waals surface area contributed by atoms with Gasteiger partial charge in [-0.2, -0.15) is 0 Å². The van der Waals surface area contributed by atoms with Crippen molar-refractivity contribution < 1.29 is 9.05 Å². The second kappa shape index (κ2) is 3.75. The van der Waals surface area contributed by atoms with Gasteiger partial charge in [0, 0.05) is 5.30 Å². The standard InChI is InChI=1S/C10H13O2P/c1-8-9(2)12-13(11-8)10-6-4-3-5-7-10/h3-9H,1-2H3. The van der Waals surface area contributed by atoms with Crippen LogP contribution in [-0.4, -0.2) is 12.2 Å². The van der Waals surface area contributed by atoms with Crippen LogP contribution in [0.25, 0.3) is 0 Å².